The fraction of sp³-hybridized carbons (Fsp3) is 0.692. The van der Waals surface area contributed by atoms with Crippen LogP contribution < -0.4 is 24.8 Å². The second-order valence-electron chi connectivity index (χ2n) is 10.2. The second kappa shape index (κ2) is 12.0. The van der Waals surface area contributed by atoms with Crippen molar-refractivity contribution in [2.24, 2.45) is 0 Å². The van der Waals surface area contributed by atoms with E-state index < -0.39 is 39.1 Å². The summed E-state index contributed by atoms with van der Waals surface area (Å²) >= 11 is -0.948. The minimum absolute atomic E-state index is 0. The Morgan fingerprint density at radius 2 is 1.06 bits per heavy atom. The van der Waals surface area contributed by atoms with E-state index in [2.05, 4.69) is 46.5 Å². The molecule has 0 aromatic carbocycles. The molecule has 4 aliphatic rings. The van der Waals surface area contributed by atoms with E-state index in [-0.39, 0.29) is 24.8 Å². The maximum absolute atomic E-state index is 2.79. The van der Waals surface area contributed by atoms with Gasteiger partial charge in [0, 0.05) is 0 Å². The van der Waals surface area contributed by atoms with Crippen molar-refractivity contribution in [3.63, 3.8) is 0 Å². The molecular formula is C26H42Cl2HfSi2. The zero-order chi connectivity index (χ0) is 20.5. The van der Waals surface area contributed by atoms with Gasteiger partial charge in [-0.25, -0.2) is 0 Å². The van der Waals surface area contributed by atoms with Crippen LogP contribution in [0.3, 0.4) is 0 Å². The van der Waals surface area contributed by atoms with Gasteiger partial charge in [0.1, 0.15) is 0 Å². The van der Waals surface area contributed by atoms with E-state index in [4.69, 9.17) is 0 Å². The van der Waals surface area contributed by atoms with Crippen LogP contribution in [0.15, 0.2) is 40.4 Å². The summed E-state index contributed by atoms with van der Waals surface area (Å²) in [5.74, 6) is 0. The Bertz CT molecular complexity index is 706. The molecule has 0 atom stereocenters. The molecule has 2 heterocycles. The van der Waals surface area contributed by atoms with Crippen LogP contribution >= 0.6 is 0 Å². The summed E-state index contributed by atoms with van der Waals surface area (Å²) in [6.07, 6.45) is 16.8. The van der Waals surface area contributed by atoms with Crippen molar-refractivity contribution in [3.8, 4) is 0 Å². The standard InChI is InChI=1S/2C13H21Si.2ClH.Hf/c2*1-3-8-14(9-5-10-14)13-7-6-12(4-2)11-13;;;/h2*7H,3-6,8-10H2,1-2H3;2*1H;/q;;;;+2/p-2. The number of halogens is 2. The molecule has 2 aliphatic heterocycles. The van der Waals surface area contributed by atoms with Crippen LogP contribution in [0, 0.1) is 0 Å². The number of hydrogen-bond donors (Lipinski definition) is 0. The van der Waals surface area contributed by atoms with Crippen LogP contribution in [0.1, 0.15) is 79.1 Å². The van der Waals surface area contributed by atoms with Gasteiger partial charge in [-0.05, 0) is 0 Å². The van der Waals surface area contributed by atoms with E-state index >= 15 is 0 Å². The predicted molar refractivity (Wildman–Crippen MR) is 130 cm³/mol. The number of allylic oxidation sites excluding steroid dienone is 8. The van der Waals surface area contributed by atoms with Gasteiger partial charge in [0.15, 0.2) is 0 Å². The van der Waals surface area contributed by atoms with Crippen molar-refractivity contribution in [1.29, 1.82) is 0 Å². The molecule has 0 aromatic heterocycles. The zero-order valence-electron chi connectivity index (χ0n) is 20.3. The predicted octanol–water partition coefficient (Wildman–Crippen LogP) is 2.67. The largest absolute Gasteiger partial charge is 1.00 e. The average Bonchev–Trinajstić information content (AvgIpc) is 3.26. The minimum atomic E-state index is -1.09. The topological polar surface area (TPSA) is 0 Å². The molecule has 0 radical (unpaired) electrons. The third kappa shape index (κ3) is 5.11. The molecule has 5 heteroatoms. The molecule has 0 spiro atoms. The first-order valence-electron chi connectivity index (χ1n) is 12.8. The average molecular weight is 660 g/mol. The van der Waals surface area contributed by atoms with Crippen molar-refractivity contribution in [2.75, 3.05) is 0 Å². The van der Waals surface area contributed by atoms with E-state index in [1.165, 1.54) is 51.4 Å². The number of hydrogen-bond acceptors (Lipinski definition) is 0. The summed E-state index contributed by atoms with van der Waals surface area (Å²) in [7, 11) is -2.18. The normalized spacial score (nSPS) is 23.2. The van der Waals surface area contributed by atoms with E-state index in [1.807, 2.05) is 21.5 Å². The van der Waals surface area contributed by atoms with Crippen LogP contribution in [-0.2, 0) is 22.9 Å². The zero-order valence-corrected chi connectivity index (χ0v) is 27.4. The first kappa shape index (κ1) is 28.1. The molecule has 0 amide bonds. The molecule has 2 saturated heterocycles. The molecule has 0 bridgehead atoms. The summed E-state index contributed by atoms with van der Waals surface area (Å²) in [6.45, 7) is 9.79. The molecule has 0 unspecified atom stereocenters. The summed E-state index contributed by atoms with van der Waals surface area (Å²) < 4.78 is 4.14. The van der Waals surface area contributed by atoms with Crippen LogP contribution in [0.4, 0.5) is 0 Å². The van der Waals surface area contributed by atoms with Crippen LogP contribution in [0.25, 0.3) is 0 Å². The van der Waals surface area contributed by atoms with Gasteiger partial charge in [-0.3, -0.25) is 0 Å². The Hall–Kier alpha value is 0.844. The second-order valence-corrected chi connectivity index (χ2v) is 23.9. The Balaban J connectivity index is 0.00000171. The van der Waals surface area contributed by atoms with Crippen LogP contribution in [0.5, 0.6) is 0 Å². The van der Waals surface area contributed by atoms with E-state index in [1.54, 1.807) is 36.3 Å². The molecule has 0 N–H and O–H groups in total. The van der Waals surface area contributed by atoms with Crippen molar-refractivity contribution >= 4 is 16.1 Å². The Morgan fingerprint density at radius 1 is 0.677 bits per heavy atom. The van der Waals surface area contributed by atoms with Gasteiger partial charge in [-0.1, -0.05) is 0 Å². The minimum Gasteiger partial charge on any atom is -1.00 e. The van der Waals surface area contributed by atoms with Crippen molar-refractivity contribution in [2.45, 2.75) is 115 Å². The fourth-order valence-corrected chi connectivity index (χ4v) is 28.8. The third-order valence-electron chi connectivity index (χ3n) is 8.68. The molecule has 2 fully saturated rings. The third-order valence-corrected chi connectivity index (χ3v) is 28.1. The number of rotatable bonds is 10. The molecule has 0 saturated carbocycles. The van der Waals surface area contributed by atoms with Crippen LogP contribution in [-0.4, -0.2) is 16.1 Å². The molecular weight excluding hydrogens is 618 g/mol. The fourth-order valence-electron chi connectivity index (χ4n) is 6.75. The molecule has 0 nitrogen and oxygen atoms in total. The van der Waals surface area contributed by atoms with Crippen LogP contribution in [0.2, 0.25) is 36.3 Å². The van der Waals surface area contributed by atoms with Gasteiger partial charge in [0.05, 0.1) is 0 Å². The van der Waals surface area contributed by atoms with E-state index in [0.29, 0.717) is 0 Å². The summed E-state index contributed by atoms with van der Waals surface area (Å²) in [5, 5.41) is 4.08. The van der Waals surface area contributed by atoms with Gasteiger partial charge >= 0.3 is 195 Å². The van der Waals surface area contributed by atoms with Gasteiger partial charge in [0.2, 0.25) is 0 Å². The Kier molecular flexibility index (Phi) is 10.9. The van der Waals surface area contributed by atoms with Gasteiger partial charge in [0.25, 0.3) is 0 Å². The van der Waals surface area contributed by atoms with Crippen molar-refractivity contribution in [1.82, 2.24) is 0 Å². The van der Waals surface area contributed by atoms with Gasteiger partial charge < -0.3 is 24.8 Å². The molecule has 0 aromatic rings. The van der Waals surface area contributed by atoms with E-state index in [0.717, 1.165) is 0 Å². The first-order valence-corrected chi connectivity index (χ1v) is 21.6. The van der Waals surface area contributed by atoms with Gasteiger partial charge in [-0.15, -0.1) is 0 Å². The molecule has 172 valence electrons. The van der Waals surface area contributed by atoms with Crippen molar-refractivity contribution in [3.05, 3.63) is 40.4 Å². The first-order chi connectivity index (χ1) is 14.1. The monoisotopic (exact) mass is 660 g/mol. The summed E-state index contributed by atoms with van der Waals surface area (Å²) in [6, 6.07) is 9.64. The SMILES string of the molecule is CCC[Si]1(C2=CCC(CC)=[C]2[Hf+2][C]2=C(CC)CC=C2[Si]2(CCC)CCC2)CCC1.[Cl-].[Cl-]. The maximum atomic E-state index is 2.79. The molecule has 4 rings (SSSR count). The smallest absolute Gasteiger partial charge is 1.00 e. The Labute approximate surface area is 218 Å². The quantitative estimate of drug-likeness (QED) is 0.317. The van der Waals surface area contributed by atoms with Crippen molar-refractivity contribution < 1.29 is 47.7 Å². The van der Waals surface area contributed by atoms with Gasteiger partial charge in [-0.2, -0.15) is 0 Å². The maximum Gasteiger partial charge on any atom is -1.00 e. The molecule has 2 aliphatic carbocycles. The Morgan fingerprint density at radius 3 is 1.32 bits per heavy atom. The summed E-state index contributed by atoms with van der Waals surface area (Å²) in [4.78, 5) is 0. The summed E-state index contributed by atoms with van der Waals surface area (Å²) in [5.41, 5.74) is 3.79. The molecule has 31 heavy (non-hydrogen) atoms. The van der Waals surface area contributed by atoms with E-state index in [9.17, 15) is 0 Å².